The topological polar surface area (TPSA) is 43.9 Å². The number of benzene rings is 11. The van der Waals surface area contributed by atoms with E-state index in [1.165, 1.54) is 65.6 Å². The Morgan fingerprint density at radius 1 is 0.362 bits per heavy atom. The maximum Gasteiger partial charge on any atom is 0.160 e. The van der Waals surface area contributed by atoms with Gasteiger partial charge in [0.25, 0.3) is 0 Å². The number of fused-ring (bicyclic) bond motifs is 15. The summed E-state index contributed by atoms with van der Waals surface area (Å²) in [5.41, 5.74) is 17.2. The summed E-state index contributed by atoms with van der Waals surface area (Å²) in [4.78, 5) is 11.3. The predicted molar refractivity (Wildman–Crippen MR) is 286 cm³/mol. The molecule has 0 amide bonds. The lowest BCUT2D eigenvalue weighted by Gasteiger charge is -2.20. The first-order valence-electron chi connectivity index (χ1n) is 23.7. The molecule has 0 atom stereocenters. The van der Waals surface area contributed by atoms with E-state index in [0.29, 0.717) is 12.2 Å². The van der Waals surface area contributed by atoms with E-state index in [1.807, 2.05) is 12.1 Å². The Hall–Kier alpha value is -9.12. The molecule has 2 bridgehead atoms. The minimum absolute atomic E-state index is 0.649. The standard InChI is InChI=1S/C65H39N3O/c1-2-12-40(13-3-1)42-23-26-43(27-24-42)62-57-32-39-22-30-50-55-38-54(47-29-31-52-51-19-10-11-21-60(51)69-61(52)37-47)49-18-8-9-20-53(49)64(55)68(58(50)33-39)59-36-46-17-7-6-16-45(46)35-56(59)63(57)67-65(66-62)48-28-25-41-14-4-5-15-44(41)34-48/h1-31,33-38H,32H2. The molecule has 0 spiro atoms. The lowest BCUT2D eigenvalue weighted by Crippen LogP contribution is -2.06. The molecule has 11 aromatic carbocycles. The highest BCUT2D eigenvalue weighted by atomic mass is 16.3. The molecule has 14 aromatic rings. The first-order chi connectivity index (χ1) is 34.2. The maximum absolute atomic E-state index is 6.46. The molecule has 0 unspecified atom stereocenters. The number of aromatic nitrogens is 3. The highest BCUT2D eigenvalue weighted by Crippen LogP contribution is 2.47. The van der Waals surface area contributed by atoms with Crippen molar-refractivity contribution in [2.24, 2.45) is 0 Å². The second-order valence-electron chi connectivity index (χ2n) is 18.5. The monoisotopic (exact) mass is 877 g/mol. The summed E-state index contributed by atoms with van der Waals surface area (Å²) in [5.74, 6) is 0.700. The molecule has 0 saturated heterocycles. The maximum atomic E-state index is 6.46. The van der Waals surface area contributed by atoms with Crippen LogP contribution in [0.5, 0.6) is 0 Å². The number of rotatable bonds is 4. The second kappa shape index (κ2) is 14.7. The molecule has 3 aromatic heterocycles. The highest BCUT2D eigenvalue weighted by molar-refractivity contribution is 6.23. The van der Waals surface area contributed by atoms with Crippen LogP contribution in [0.2, 0.25) is 0 Å². The van der Waals surface area contributed by atoms with E-state index in [1.54, 1.807) is 0 Å². The largest absolute Gasteiger partial charge is 0.456 e. The Labute approximate surface area is 397 Å². The fraction of sp³-hybridized carbons (Fsp3) is 0.0154. The van der Waals surface area contributed by atoms with E-state index >= 15 is 0 Å². The summed E-state index contributed by atoms with van der Waals surface area (Å²) in [6.45, 7) is 0. The third-order valence-electron chi connectivity index (χ3n) is 14.5. The number of furan rings is 1. The molecular formula is C65H39N3O. The molecule has 320 valence electrons. The zero-order chi connectivity index (χ0) is 45.2. The molecule has 1 aliphatic rings. The van der Waals surface area contributed by atoms with Gasteiger partial charge in [0.2, 0.25) is 0 Å². The van der Waals surface area contributed by atoms with Crippen molar-refractivity contribution in [3.8, 4) is 61.8 Å². The van der Waals surface area contributed by atoms with Crippen LogP contribution in [0.1, 0.15) is 11.1 Å². The van der Waals surface area contributed by atoms with Crippen molar-refractivity contribution in [3.63, 3.8) is 0 Å². The first kappa shape index (κ1) is 38.0. The van der Waals surface area contributed by atoms with Crippen LogP contribution in [-0.2, 0) is 6.42 Å². The van der Waals surface area contributed by atoms with Crippen LogP contribution in [0.4, 0.5) is 0 Å². The van der Waals surface area contributed by atoms with Gasteiger partial charge in [-0.1, -0.05) is 176 Å². The zero-order valence-electron chi connectivity index (χ0n) is 37.3. The SMILES string of the molecule is c1ccc(-c2ccc(-c3nc(-c4ccc5ccccc5c4)nc4c3Cc3ccc5c6cc(-c7ccc8c(c7)oc7ccccc78)c7ccccc7c6n(c5c3)-c3cc5ccccc5cc3-4)cc2)cc1. The van der Waals surface area contributed by atoms with Gasteiger partial charge >= 0.3 is 0 Å². The van der Waals surface area contributed by atoms with Gasteiger partial charge in [-0.15, -0.1) is 0 Å². The van der Waals surface area contributed by atoms with E-state index < -0.39 is 0 Å². The van der Waals surface area contributed by atoms with Crippen molar-refractivity contribution in [2.45, 2.75) is 6.42 Å². The number of hydrogen-bond donors (Lipinski definition) is 0. The lowest BCUT2D eigenvalue weighted by molar-refractivity contribution is 0.669. The highest BCUT2D eigenvalue weighted by Gasteiger charge is 2.27. The van der Waals surface area contributed by atoms with Gasteiger partial charge < -0.3 is 8.98 Å². The molecule has 0 saturated carbocycles. The molecule has 4 heterocycles. The molecule has 15 rings (SSSR count). The molecule has 0 fully saturated rings. The Balaban J connectivity index is 1.03. The molecule has 0 aliphatic carbocycles. The van der Waals surface area contributed by atoms with Crippen molar-refractivity contribution in [2.75, 3.05) is 0 Å². The van der Waals surface area contributed by atoms with Crippen LogP contribution in [0.3, 0.4) is 0 Å². The molecule has 0 radical (unpaired) electrons. The first-order valence-corrected chi connectivity index (χ1v) is 23.7. The molecule has 69 heavy (non-hydrogen) atoms. The molecule has 4 heteroatoms. The normalized spacial score (nSPS) is 12.3. The van der Waals surface area contributed by atoms with Crippen LogP contribution < -0.4 is 0 Å². The van der Waals surface area contributed by atoms with Crippen molar-refractivity contribution in [1.82, 2.24) is 14.5 Å². The summed E-state index contributed by atoms with van der Waals surface area (Å²) in [6.07, 6.45) is 0.649. The van der Waals surface area contributed by atoms with E-state index in [-0.39, 0.29) is 0 Å². The Bertz CT molecular complexity index is 4450. The number of para-hydroxylation sites is 1. The van der Waals surface area contributed by atoms with Crippen LogP contribution in [0.25, 0.3) is 138 Å². The second-order valence-corrected chi connectivity index (χ2v) is 18.5. The van der Waals surface area contributed by atoms with Crippen molar-refractivity contribution >= 4 is 76.1 Å². The minimum atomic E-state index is 0.649. The number of hydrogen-bond acceptors (Lipinski definition) is 3. The van der Waals surface area contributed by atoms with Gasteiger partial charge in [0, 0.05) is 55.6 Å². The summed E-state index contributed by atoms with van der Waals surface area (Å²) in [6, 6.07) is 81.5. The fourth-order valence-corrected chi connectivity index (χ4v) is 11.2. The van der Waals surface area contributed by atoms with Crippen molar-refractivity contribution < 1.29 is 4.42 Å². The molecule has 0 N–H and O–H groups in total. The fourth-order valence-electron chi connectivity index (χ4n) is 11.2. The van der Waals surface area contributed by atoms with E-state index in [0.717, 1.165) is 77.6 Å². The minimum Gasteiger partial charge on any atom is -0.456 e. The third-order valence-corrected chi connectivity index (χ3v) is 14.5. The molecule has 4 nitrogen and oxygen atoms in total. The van der Waals surface area contributed by atoms with Crippen LogP contribution >= 0.6 is 0 Å². The van der Waals surface area contributed by atoms with Gasteiger partial charge in [-0.05, 0) is 103 Å². The lowest BCUT2D eigenvalue weighted by atomic mass is 9.91. The quantitative estimate of drug-likeness (QED) is 0.177. The third kappa shape index (κ3) is 5.89. The Morgan fingerprint density at radius 2 is 0.986 bits per heavy atom. The average molecular weight is 878 g/mol. The smallest absolute Gasteiger partial charge is 0.160 e. The zero-order valence-corrected chi connectivity index (χ0v) is 37.3. The summed E-state index contributed by atoms with van der Waals surface area (Å²) in [5, 5.41) is 11.7. The van der Waals surface area contributed by atoms with E-state index in [2.05, 4.69) is 217 Å². The van der Waals surface area contributed by atoms with Gasteiger partial charge in [0.05, 0.1) is 28.1 Å². The van der Waals surface area contributed by atoms with Gasteiger partial charge in [0.1, 0.15) is 11.2 Å². The Kier molecular flexibility index (Phi) is 8.10. The van der Waals surface area contributed by atoms with Gasteiger partial charge in [-0.25, -0.2) is 9.97 Å². The van der Waals surface area contributed by atoms with Crippen molar-refractivity contribution in [1.29, 1.82) is 0 Å². The Morgan fingerprint density at radius 3 is 1.83 bits per heavy atom. The van der Waals surface area contributed by atoms with Crippen LogP contribution in [0.15, 0.2) is 229 Å². The predicted octanol–water partition coefficient (Wildman–Crippen LogP) is 17.2. The van der Waals surface area contributed by atoms with E-state index in [4.69, 9.17) is 14.4 Å². The number of nitrogens with zero attached hydrogens (tertiary/aromatic N) is 3. The van der Waals surface area contributed by atoms with Gasteiger partial charge in [0.15, 0.2) is 5.82 Å². The van der Waals surface area contributed by atoms with E-state index in [9.17, 15) is 0 Å². The van der Waals surface area contributed by atoms with Crippen LogP contribution in [-0.4, -0.2) is 14.5 Å². The molecular weight excluding hydrogens is 839 g/mol. The van der Waals surface area contributed by atoms with Crippen LogP contribution in [0, 0.1) is 0 Å². The average Bonchev–Trinajstić information content (AvgIpc) is 3.96. The molecule has 1 aliphatic heterocycles. The summed E-state index contributed by atoms with van der Waals surface area (Å²) >= 11 is 0. The van der Waals surface area contributed by atoms with Crippen molar-refractivity contribution in [3.05, 3.63) is 236 Å². The van der Waals surface area contributed by atoms with Gasteiger partial charge in [-0.2, -0.15) is 0 Å². The van der Waals surface area contributed by atoms with Gasteiger partial charge in [-0.3, -0.25) is 0 Å². The summed E-state index contributed by atoms with van der Waals surface area (Å²) in [7, 11) is 0. The summed E-state index contributed by atoms with van der Waals surface area (Å²) < 4.78 is 8.99.